The van der Waals surface area contributed by atoms with Gasteiger partial charge in [0.15, 0.2) is 5.69 Å². The lowest BCUT2D eigenvalue weighted by atomic mass is 10.2. The van der Waals surface area contributed by atoms with Crippen LogP contribution in [0.5, 0.6) is 0 Å². The zero-order valence-corrected chi connectivity index (χ0v) is 13.3. The number of carbonyl (C=O) groups excluding carboxylic acids is 2. The van der Waals surface area contributed by atoms with E-state index in [1.54, 1.807) is 21.8 Å². The second-order valence-electron chi connectivity index (χ2n) is 5.68. The van der Waals surface area contributed by atoms with Crippen LogP contribution in [0.1, 0.15) is 28.8 Å². The second kappa shape index (κ2) is 6.79. The first-order valence-electron chi connectivity index (χ1n) is 7.76. The van der Waals surface area contributed by atoms with Crippen molar-refractivity contribution in [1.29, 1.82) is 0 Å². The summed E-state index contributed by atoms with van der Waals surface area (Å²) in [4.78, 5) is 29.8. The fourth-order valence-electron chi connectivity index (χ4n) is 2.59. The van der Waals surface area contributed by atoms with E-state index < -0.39 is 6.10 Å². The number of nitrogens with one attached hydrogen (secondary N) is 1. The van der Waals surface area contributed by atoms with Crippen molar-refractivity contribution < 1.29 is 14.7 Å². The highest BCUT2D eigenvalue weighted by Crippen LogP contribution is 2.14. The number of amides is 2. The molecule has 0 aromatic carbocycles. The first-order chi connectivity index (χ1) is 11.5. The Labute approximate surface area is 139 Å². The number of pyridine rings is 1. The standard InChI is InChI=1S/C16H19N5O3/c1-11(22)16(24)20-6-7-21-13(10-20)8-14(19-21)15(23)18-9-12-4-2-3-5-17-12/h2-5,8,11,22H,6-7,9-10H2,1H3,(H,18,23). The zero-order valence-electron chi connectivity index (χ0n) is 13.3. The monoisotopic (exact) mass is 329 g/mol. The van der Waals surface area contributed by atoms with E-state index >= 15 is 0 Å². The fourth-order valence-corrected chi connectivity index (χ4v) is 2.59. The van der Waals surface area contributed by atoms with Crippen LogP contribution < -0.4 is 5.32 Å². The minimum Gasteiger partial charge on any atom is -0.384 e. The van der Waals surface area contributed by atoms with Crippen molar-refractivity contribution in [2.45, 2.75) is 32.7 Å². The highest BCUT2D eigenvalue weighted by Gasteiger charge is 2.25. The molecule has 0 saturated heterocycles. The average molecular weight is 329 g/mol. The van der Waals surface area contributed by atoms with E-state index in [2.05, 4.69) is 15.4 Å². The highest BCUT2D eigenvalue weighted by molar-refractivity contribution is 5.92. The summed E-state index contributed by atoms with van der Waals surface area (Å²) in [5, 5.41) is 16.5. The van der Waals surface area contributed by atoms with E-state index in [1.165, 1.54) is 6.92 Å². The molecule has 24 heavy (non-hydrogen) atoms. The Hall–Kier alpha value is -2.74. The molecule has 126 valence electrons. The van der Waals surface area contributed by atoms with Gasteiger partial charge >= 0.3 is 0 Å². The summed E-state index contributed by atoms with van der Waals surface area (Å²) < 4.78 is 1.72. The maximum atomic E-state index is 12.2. The minimum atomic E-state index is -1.03. The Kier molecular flexibility index (Phi) is 4.57. The number of rotatable bonds is 4. The van der Waals surface area contributed by atoms with Crippen LogP contribution in [0.4, 0.5) is 0 Å². The number of carbonyl (C=O) groups is 2. The molecule has 8 nitrogen and oxygen atoms in total. The summed E-state index contributed by atoms with van der Waals surface area (Å²) in [5.74, 6) is -0.598. The van der Waals surface area contributed by atoms with Crippen molar-refractivity contribution >= 4 is 11.8 Å². The molecule has 1 aliphatic rings. The number of fused-ring (bicyclic) bond motifs is 1. The summed E-state index contributed by atoms with van der Waals surface area (Å²) in [6.45, 7) is 3.08. The van der Waals surface area contributed by atoms with Crippen LogP contribution in [0, 0.1) is 0 Å². The van der Waals surface area contributed by atoms with E-state index in [0.717, 1.165) is 11.4 Å². The molecule has 0 fully saturated rings. The Morgan fingerprint density at radius 1 is 1.38 bits per heavy atom. The van der Waals surface area contributed by atoms with Crippen LogP contribution in [0.2, 0.25) is 0 Å². The third-order valence-electron chi connectivity index (χ3n) is 3.86. The molecule has 3 heterocycles. The van der Waals surface area contributed by atoms with Crippen molar-refractivity contribution in [2.75, 3.05) is 6.54 Å². The molecule has 2 amide bonds. The maximum absolute atomic E-state index is 12.2. The molecule has 2 N–H and O–H groups in total. The Morgan fingerprint density at radius 2 is 2.21 bits per heavy atom. The van der Waals surface area contributed by atoms with Crippen molar-refractivity contribution in [3.8, 4) is 0 Å². The Morgan fingerprint density at radius 3 is 2.92 bits per heavy atom. The van der Waals surface area contributed by atoms with Crippen LogP contribution in [0.15, 0.2) is 30.5 Å². The molecule has 1 atom stereocenters. The van der Waals surface area contributed by atoms with E-state index in [-0.39, 0.29) is 11.8 Å². The first kappa shape index (κ1) is 16.1. The topological polar surface area (TPSA) is 100 Å². The van der Waals surface area contributed by atoms with Crippen molar-refractivity contribution in [1.82, 2.24) is 25.0 Å². The summed E-state index contributed by atoms with van der Waals surface area (Å²) in [6, 6.07) is 7.18. The van der Waals surface area contributed by atoms with Gasteiger partial charge in [-0.3, -0.25) is 19.3 Å². The third-order valence-corrected chi connectivity index (χ3v) is 3.86. The van der Waals surface area contributed by atoms with Gasteiger partial charge in [-0.15, -0.1) is 0 Å². The quantitative estimate of drug-likeness (QED) is 0.818. The number of nitrogens with zero attached hydrogens (tertiary/aromatic N) is 4. The van der Waals surface area contributed by atoms with Crippen molar-refractivity contribution in [2.24, 2.45) is 0 Å². The number of aliphatic hydroxyl groups is 1. The minimum absolute atomic E-state index is 0.282. The van der Waals surface area contributed by atoms with Crippen molar-refractivity contribution in [3.05, 3.63) is 47.5 Å². The van der Waals surface area contributed by atoms with E-state index in [4.69, 9.17) is 0 Å². The summed E-state index contributed by atoms with van der Waals surface area (Å²) in [7, 11) is 0. The van der Waals surface area contributed by atoms with Crippen LogP contribution >= 0.6 is 0 Å². The average Bonchev–Trinajstić information content (AvgIpc) is 3.03. The molecule has 3 rings (SSSR count). The lowest BCUT2D eigenvalue weighted by Gasteiger charge is -2.28. The number of aliphatic hydroxyl groups excluding tert-OH is 1. The lowest BCUT2D eigenvalue weighted by Crippen LogP contribution is -2.42. The van der Waals surface area contributed by atoms with Gasteiger partial charge < -0.3 is 15.3 Å². The van der Waals surface area contributed by atoms with Crippen LogP contribution in [-0.2, 0) is 24.4 Å². The maximum Gasteiger partial charge on any atom is 0.272 e. The predicted octanol–water partition coefficient (Wildman–Crippen LogP) is -0.0689. The summed E-state index contributed by atoms with van der Waals surface area (Å²) >= 11 is 0. The van der Waals surface area contributed by atoms with E-state index in [0.29, 0.717) is 31.9 Å². The smallest absolute Gasteiger partial charge is 0.272 e. The fraction of sp³-hybridized carbons (Fsp3) is 0.375. The predicted molar refractivity (Wildman–Crippen MR) is 84.7 cm³/mol. The van der Waals surface area contributed by atoms with Gasteiger partial charge in [0.25, 0.3) is 11.8 Å². The van der Waals surface area contributed by atoms with Gasteiger partial charge in [-0.1, -0.05) is 6.07 Å². The van der Waals surface area contributed by atoms with Gasteiger partial charge in [0.1, 0.15) is 6.10 Å². The van der Waals surface area contributed by atoms with Crippen LogP contribution in [-0.4, -0.2) is 49.2 Å². The first-order valence-corrected chi connectivity index (χ1v) is 7.76. The lowest BCUT2D eigenvalue weighted by molar-refractivity contribution is -0.140. The molecule has 0 radical (unpaired) electrons. The normalized spacial score (nSPS) is 14.8. The molecule has 0 bridgehead atoms. The Bertz CT molecular complexity index is 741. The third kappa shape index (κ3) is 3.43. The molecule has 8 heteroatoms. The zero-order chi connectivity index (χ0) is 17.1. The highest BCUT2D eigenvalue weighted by atomic mass is 16.3. The summed E-state index contributed by atoms with van der Waals surface area (Å²) in [5.41, 5.74) is 1.86. The number of hydrogen-bond acceptors (Lipinski definition) is 5. The van der Waals surface area contributed by atoms with Crippen LogP contribution in [0.3, 0.4) is 0 Å². The van der Waals surface area contributed by atoms with Crippen molar-refractivity contribution in [3.63, 3.8) is 0 Å². The molecule has 0 aliphatic carbocycles. The Balaban J connectivity index is 1.65. The van der Waals surface area contributed by atoms with E-state index in [9.17, 15) is 14.7 Å². The molecule has 1 unspecified atom stereocenters. The molecular weight excluding hydrogens is 310 g/mol. The van der Waals surface area contributed by atoms with Crippen LogP contribution in [0.25, 0.3) is 0 Å². The largest absolute Gasteiger partial charge is 0.384 e. The van der Waals surface area contributed by atoms with Gasteiger partial charge in [0, 0.05) is 12.7 Å². The molecule has 1 aliphatic heterocycles. The number of aromatic nitrogens is 3. The molecule has 2 aromatic heterocycles. The van der Waals surface area contributed by atoms with Gasteiger partial charge in [-0.05, 0) is 25.1 Å². The van der Waals surface area contributed by atoms with E-state index in [1.807, 2.05) is 18.2 Å². The molecule has 2 aromatic rings. The molecule has 0 saturated carbocycles. The van der Waals surface area contributed by atoms with Gasteiger partial charge in [0.05, 0.1) is 31.0 Å². The van der Waals surface area contributed by atoms with Gasteiger partial charge in [-0.2, -0.15) is 5.10 Å². The SMILES string of the molecule is CC(O)C(=O)N1CCn2nc(C(=O)NCc3ccccn3)cc2C1. The number of hydrogen-bond donors (Lipinski definition) is 2. The second-order valence-corrected chi connectivity index (χ2v) is 5.68. The van der Waals surface area contributed by atoms with Gasteiger partial charge in [0.2, 0.25) is 0 Å². The van der Waals surface area contributed by atoms with Gasteiger partial charge in [-0.25, -0.2) is 0 Å². The molecule has 0 spiro atoms. The molecular formula is C16H19N5O3. The summed E-state index contributed by atoms with van der Waals surface area (Å²) in [6.07, 6.45) is 0.644.